The van der Waals surface area contributed by atoms with Gasteiger partial charge in [0.25, 0.3) is 5.91 Å². The Morgan fingerprint density at radius 3 is 1.55 bits per heavy atom. The van der Waals surface area contributed by atoms with Crippen molar-refractivity contribution in [3.8, 4) is 0 Å². The molecule has 2 saturated heterocycles. The summed E-state index contributed by atoms with van der Waals surface area (Å²) in [5.74, 6) is -3.40. The molecule has 0 spiro atoms. The number of amides is 1. The first-order valence-corrected chi connectivity index (χ1v) is 19.8. The molecular formula is C40H57N7O11. The van der Waals surface area contributed by atoms with E-state index in [-0.39, 0.29) is 84.6 Å². The van der Waals surface area contributed by atoms with Crippen LogP contribution in [0.25, 0.3) is 21.7 Å². The first-order valence-electron chi connectivity index (χ1n) is 19.8. The number of rotatable bonds is 10. The average molecular weight is 812 g/mol. The van der Waals surface area contributed by atoms with Crippen molar-refractivity contribution >= 4 is 45.5 Å². The van der Waals surface area contributed by atoms with Crippen molar-refractivity contribution in [2.45, 2.75) is 6.54 Å². The van der Waals surface area contributed by atoms with E-state index in [0.29, 0.717) is 72.2 Å². The number of pyridine rings is 1. The molecule has 2 aromatic carbocycles. The van der Waals surface area contributed by atoms with Gasteiger partial charge in [0, 0.05) is 89.0 Å². The van der Waals surface area contributed by atoms with Crippen LogP contribution >= 0.6 is 0 Å². The molecule has 18 nitrogen and oxygen atoms in total. The van der Waals surface area contributed by atoms with Crippen LogP contribution in [0.2, 0.25) is 0 Å². The molecule has 1 amide bonds. The summed E-state index contributed by atoms with van der Waals surface area (Å²) in [6, 6.07) is 14.5. The van der Waals surface area contributed by atoms with Crippen LogP contribution in [-0.4, -0.2) is 218 Å². The number of hydrogen-bond donors (Lipinski definition) is 3. The Hall–Kier alpha value is -4.37. The number of carboxylic acid groups (broad SMARTS) is 3. The van der Waals surface area contributed by atoms with Gasteiger partial charge in [-0.05, 0) is 10.9 Å². The van der Waals surface area contributed by atoms with Crippen LogP contribution in [0, 0.1) is 0 Å². The van der Waals surface area contributed by atoms with Gasteiger partial charge < -0.3 is 29.5 Å². The molecule has 0 atom stereocenters. The molecular weight excluding hydrogens is 754 g/mol. The number of carboxylic acids is 3. The Kier molecular flexibility index (Phi) is 18.4. The van der Waals surface area contributed by atoms with Crippen molar-refractivity contribution in [1.29, 1.82) is 0 Å². The number of carbonyl (C=O) groups is 4. The van der Waals surface area contributed by atoms with Gasteiger partial charge in [0.2, 0.25) is 0 Å². The predicted molar refractivity (Wildman–Crippen MR) is 213 cm³/mol. The van der Waals surface area contributed by atoms with Crippen LogP contribution in [0.1, 0.15) is 5.56 Å². The van der Waals surface area contributed by atoms with Crippen LogP contribution in [0.4, 0.5) is 0 Å². The smallest absolute Gasteiger partial charge is 0.317 e. The van der Waals surface area contributed by atoms with Crippen molar-refractivity contribution in [2.24, 2.45) is 0 Å². The van der Waals surface area contributed by atoms with Crippen molar-refractivity contribution < 1.29 is 53.5 Å². The van der Waals surface area contributed by atoms with Gasteiger partial charge in [-0.2, -0.15) is 0 Å². The molecule has 2 fully saturated rings. The van der Waals surface area contributed by atoms with Crippen molar-refractivity contribution in [3.63, 3.8) is 0 Å². The Bertz CT molecular complexity index is 1750. The number of aliphatic carboxylic acids is 3. The molecule has 0 bridgehead atoms. The lowest BCUT2D eigenvalue weighted by atomic mass is 10.0. The first-order chi connectivity index (χ1) is 28.1. The number of aromatic nitrogens is 1. The van der Waals surface area contributed by atoms with Gasteiger partial charge >= 0.3 is 17.9 Å². The van der Waals surface area contributed by atoms with Gasteiger partial charge in [0.05, 0.1) is 84.5 Å². The van der Waals surface area contributed by atoms with Gasteiger partial charge in [0.15, 0.2) is 0 Å². The van der Waals surface area contributed by atoms with Crippen molar-refractivity contribution in [1.82, 2.24) is 34.5 Å². The Labute approximate surface area is 338 Å². The highest BCUT2D eigenvalue weighted by Gasteiger charge is 2.24. The number of fused-ring (bicyclic) bond motifs is 3. The molecule has 2 aliphatic rings. The summed E-state index contributed by atoms with van der Waals surface area (Å²) in [7, 11) is 0. The second-order valence-corrected chi connectivity index (χ2v) is 14.4. The van der Waals surface area contributed by atoms with Crippen LogP contribution in [0.15, 0.2) is 48.7 Å². The maximum Gasteiger partial charge on any atom is 0.317 e. The van der Waals surface area contributed by atoms with Crippen LogP contribution in [-0.2, 0) is 44.8 Å². The molecule has 1 aromatic heterocycles. The summed E-state index contributed by atoms with van der Waals surface area (Å²) in [6.07, 6.45) is 1.92. The molecule has 0 saturated carbocycles. The summed E-state index contributed by atoms with van der Waals surface area (Å²) in [4.78, 5) is 68.6. The summed E-state index contributed by atoms with van der Waals surface area (Å²) >= 11 is 0. The van der Waals surface area contributed by atoms with E-state index in [1.165, 1.54) is 5.06 Å². The second kappa shape index (κ2) is 23.9. The van der Waals surface area contributed by atoms with Gasteiger partial charge in [-0.15, -0.1) is 0 Å². The molecule has 0 unspecified atom stereocenters. The monoisotopic (exact) mass is 811 g/mol. The molecule has 0 radical (unpaired) electrons. The van der Waals surface area contributed by atoms with Gasteiger partial charge in [-0.25, -0.2) is 5.06 Å². The molecule has 3 aromatic rings. The van der Waals surface area contributed by atoms with E-state index in [0.717, 1.165) is 27.2 Å². The second-order valence-electron chi connectivity index (χ2n) is 14.4. The van der Waals surface area contributed by atoms with Gasteiger partial charge in [-0.3, -0.25) is 53.5 Å². The van der Waals surface area contributed by atoms with E-state index in [1.54, 1.807) is 14.7 Å². The molecule has 5 rings (SSSR count). The molecule has 58 heavy (non-hydrogen) atoms. The van der Waals surface area contributed by atoms with E-state index < -0.39 is 17.9 Å². The maximum atomic E-state index is 13.8. The highest BCUT2D eigenvalue weighted by molar-refractivity contribution is 6.06. The zero-order valence-corrected chi connectivity index (χ0v) is 33.1. The van der Waals surface area contributed by atoms with Crippen LogP contribution in [0.5, 0.6) is 0 Å². The minimum Gasteiger partial charge on any atom is -0.480 e. The Morgan fingerprint density at radius 1 is 0.517 bits per heavy atom. The SMILES string of the molecule is O=C(O)CN1CCN(CC(=O)O)CCN(CC(=O)N2CCOCCOCCN(Cc3cccc4c3ncc3ccccc34)CCOCCO2)CCN(CC(=O)O)CC1. The fraction of sp³-hybridized carbons (Fsp3) is 0.575. The minimum atomic E-state index is -1.02. The fourth-order valence-corrected chi connectivity index (χ4v) is 7.07. The fourth-order valence-electron chi connectivity index (χ4n) is 7.07. The van der Waals surface area contributed by atoms with E-state index in [1.807, 2.05) is 23.2 Å². The zero-order chi connectivity index (χ0) is 41.1. The van der Waals surface area contributed by atoms with E-state index in [2.05, 4.69) is 35.2 Å². The lowest BCUT2D eigenvalue weighted by molar-refractivity contribution is -0.195. The zero-order valence-electron chi connectivity index (χ0n) is 33.1. The normalized spacial score (nSPS) is 19.7. The molecule has 18 heteroatoms. The molecule has 318 valence electrons. The largest absolute Gasteiger partial charge is 0.480 e. The lowest BCUT2D eigenvalue weighted by Crippen LogP contribution is -2.50. The first kappa shape index (κ1) is 44.7. The third kappa shape index (κ3) is 15.1. The number of hydrogen-bond acceptors (Lipinski definition) is 14. The minimum absolute atomic E-state index is 0.0648. The third-order valence-electron chi connectivity index (χ3n) is 10.1. The summed E-state index contributed by atoms with van der Waals surface area (Å²) < 4.78 is 17.7. The third-order valence-corrected chi connectivity index (χ3v) is 10.1. The van der Waals surface area contributed by atoms with Crippen molar-refractivity contribution in [2.75, 3.05) is 144 Å². The highest BCUT2D eigenvalue weighted by Crippen LogP contribution is 2.26. The number of benzene rings is 2. The van der Waals surface area contributed by atoms with Crippen LogP contribution < -0.4 is 0 Å². The lowest BCUT2D eigenvalue weighted by Gasteiger charge is -2.33. The summed E-state index contributed by atoms with van der Waals surface area (Å²) in [5.41, 5.74) is 2.08. The van der Waals surface area contributed by atoms with Crippen LogP contribution in [0.3, 0.4) is 0 Å². The summed E-state index contributed by atoms with van der Waals surface area (Å²) in [6.45, 7) is 5.89. The predicted octanol–water partition coefficient (Wildman–Crippen LogP) is 0.489. The standard InChI is InChI=1S/C40H57N7O11/c48-36(28-42-8-10-43(29-37(49)50)12-14-45(31-39(53)54)15-13-44(11-9-42)30-38(51)52)47-18-21-57-23-22-55-19-16-46(17-20-56-24-25-58-47)27-33-5-3-7-35-34-6-2-1-4-32(34)26-41-40(33)35/h1-7,26H,8-25,27-31H2,(H,49,50)(H,51,52)(H,53,54). The van der Waals surface area contributed by atoms with Gasteiger partial charge in [-0.1, -0.05) is 42.5 Å². The highest BCUT2D eigenvalue weighted by atomic mass is 16.7. The molecule has 2 aliphatic heterocycles. The van der Waals surface area contributed by atoms with E-state index in [4.69, 9.17) is 24.0 Å². The number of ether oxygens (including phenoxy) is 3. The Balaban J connectivity index is 1.18. The average Bonchev–Trinajstić information content (AvgIpc) is 3.19. The molecule has 0 aliphatic carbocycles. The molecule has 3 N–H and O–H groups in total. The summed E-state index contributed by atoms with van der Waals surface area (Å²) in [5, 5.41) is 33.2. The quantitative estimate of drug-likeness (QED) is 0.239. The number of para-hydroxylation sites is 1. The van der Waals surface area contributed by atoms with Crippen molar-refractivity contribution in [3.05, 3.63) is 54.2 Å². The number of nitrogens with zero attached hydrogens (tertiary/aromatic N) is 7. The van der Waals surface area contributed by atoms with E-state index in [9.17, 15) is 34.5 Å². The topological polar surface area (TPSA) is 198 Å². The number of hydroxylamine groups is 2. The maximum absolute atomic E-state index is 13.8. The Morgan fingerprint density at radius 2 is 1.00 bits per heavy atom. The molecule has 3 heterocycles. The number of carbonyl (C=O) groups excluding carboxylic acids is 1. The van der Waals surface area contributed by atoms with E-state index >= 15 is 0 Å². The van der Waals surface area contributed by atoms with Gasteiger partial charge in [0.1, 0.15) is 0 Å².